The van der Waals surface area contributed by atoms with Gasteiger partial charge in [0.25, 0.3) is 0 Å². The average Bonchev–Trinajstić information content (AvgIpc) is 1.99. The summed E-state index contributed by atoms with van der Waals surface area (Å²) in [5, 5.41) is 0.0369. The predicted molar refractivity (Wildman–Crippen MR) is 57.8 cm³/mol. The van der Waals surface area contributed by atoms with Gasteiger partial charge < -0.3 is 5.73 Å². The number of hydrogen-bond acceptors (Lipinski definition) is 1. The first kappa shape index (κ1) is 12.4. The Kier molecular flexibility index (Phi) is 3.36. The third-order valence-corrected chi connectivity index (χ3v) is 2.51. The smallest absolute Gasteiger partial charge is 0.132 e. The highest BCUT2D eigenvalue weighted by Gasteiger charge is 2.27. The van der Waals surface area contributed by atoms with E-state index in [1.807, 2.05) is 20.8 Å². The molecule has 0 unspecified atom stereocenters. The van der Waals surface area contributed by atoms with Crippen LogP contribution in [0.2, 0.25) is 5.02 Å². The zero-order chi connectivity index (χ0) is 11.8. The second kappa shape index (κ2) is 4.06. The molecule has 0 amide bonds. The van der Waals surface area contributed by atoms with E-state index in [0.717, 1.165) is 12.1 Å². The Morgan fingerprint density at radius 3 is 1.93 bits per heavy atom. The van der Waals surface area contributed by atoms with Crippen molar-refractivity contribution >= 4 is 11.6 Å². The highest BCUT2D eigenvalue weighted by Crippen LogP contribution is 2.34. The molecule has 0 saturated heterocycles. The molecule has 15 heavy (non-hydrogen) atoms. The maximum absolute atomic E-state index is 13.5. The standard InChI is InChI=1S/C11H14ClF2N/c1-11(2,3)10(15)9-7(13)4-6(12)5-8(9)14/h4-5,10H,15H2,1-3H3/t10-/m1/s1. The SMILES string of the molecule is CC(C)(C)[C@H](N)c1c(F)cc(Cl)cc1F. The van der Waals surface area contributed by atoms with Crippen LogP contribution in [0, 0.1) is 17.0 Å². The van der Waals surface area contributed by atoms with Crippen LogP contribution >= 0.6 is 11.6 Å². The van der Waals surface area contributed by atoms with Crippen molar-refractivity contribution in [3.8, 4) is 0 Å². The van der Waals surface area contributed by atoms with Gasteiger partial charge >= 0.3 is 0 Å². The van der Waals surface area contributed by atoms with E-state index in [1.54, 1.807) is 0 Å². The molecule has 2 N–H and O–H groups in total. The fraction of sp³-hybridized carbons (Fsp3) is 0.455. The van der Waals surface area contributed by atoms with Crippen LogP contribution in [0.5, 0.6) is 0 Å². The maximum atomic E-state index is 13.5. The van der Waals surface area contributed by atoms with Crippen molar-refractivity contribution in [1.82, 2.24) is 0 Å². The number of halogens is 3. The van der Waals surface area contributed by atoms with Crippen LogP contribution < -0.4 is 5.73 Å². The molecule has 84 valence electrons. The molecule has 0 aliphatic carbocycles. The van der Waals surface area contributed by atoms with Gasteiger partial charge in [-0.2, -0.15) is 0 Å². The fourth-order valence-electron chi connectivity index (χ4n) is 1.28. The van der Waals surface area contributed by atoms with Crippen molar-refractivity contribution in [2.24, 2.45) is 11.1 Å². The lowest BCUT2D eigenvalue weighted by atomic mass is 9.82. The van der Waals surface area contributed by atoms with Crippen molar-refractivity contribution < 1.29 is 8.78 Å². The maximum Gasteiger partial charge on any atom is 0.132 e. The van der Waals surface area contributed by atoms with Gasteiger partial charge in [-0.15, -0.1) is 0 Å². The molecule has 0 saturated carbocycles. The lowest BCUT2D eigenvalue weighted by Gasteiger charge is -2.28. The molecule has 0 aromatic heterocycles. The van der Waals surface area contributed by atoms with Crippen LogP contribution in [0.25, 0.3) is 0 Å². The molecule has 1 nitrogen and oxygen atoms in total. The molecule has 0 aliphatic rings. The van der Waals surface area contributed by atoms with E-state index in [0.29, 0.717) is 0 Å². The molecule has 0 spiro atoms. The van der Waals surface area contributed by atoms with Gasteiger partial charge in [0.05, 0.1) is 0 Å². The van der Waals surface area contributed by atoms with E-state index in [9.17, 15) is 8.78 Å². The van der Waals surface area contributed by atoms with Crippen LogP contribution in [0.3, 0.4) is 0 Å². The van der Waals surface area contributed by atoms with E-state index in [4.69, 9.17) is 17.3 Å². The summed E-state index contributed by atoms with van der Waals surface area (Å²) in [5.74, 6) is -1.38. The monoisotopic (exact) mass is 233 g/mol. The van der Waals surface area contributed by atoms with Gasteiger partial charge in [0.1, 0.15) is 11.6 Å². The Bertz CT molecular complexity index is 348. The van der Waals surface area contributed by atoms with Gasteiger partial charge in [0.15, 0.2) is 0 Å². The Balaban J connectivity index is 3.26. The molecule has 1 aromatic carbocycles. The van der Waals surface area contributed by atoms with Gasteiger partial charge in [-0.3, -0.25) is 0 Å². The first-order valence-corrected chi connectivity index (χ1v) is 5.01. The fourth-order valence-corrected chi connectivity index (χ4v) is 1.48. The van der Waals surface area contributed by atoms with Crippen LogP contribution in [0.15, 0.2) is 12.1 Å². The van der Waals surface area contributed by atoms with Gasteiger partial charge in [0, 0.05) is 16.6 Å². The van der Waals surface area contributed by atoms with Crippen LogP contribution in [0.4, 0.5) is 8.78 Å². The highest BCUT2D eigenvalue weighted by molar-refractivity contribution is 6.30. The largest absolute Gasteiger partial charge is 0.323 e. The molecular weight excluding hydrogens is 220 g/mol. The highest BCUT2D eigenvalue weighted by atomic mass is 35.5. The number of rotatable bonds is 1. The van der Waals surface area contributed by atoms with Crippen molar-refractivity contribution in [2.45, 2.75) is 26.8 Å². The van der Waals surface area contributed by atoms with Gasteiger partial charge in [-0.25, -0.2) is 8.78 Å². The summed E-state index contributed by atoms with van der Waals surface area (Å²) in [5.41, 5.74) is 5.29. The molecule has 1 aromatic rings. The number of hydrogen-bond donors (Lipinski definition) is 1. The first-order chi connectivity index (χ1) is 6.73. The summed E-state index contributed by atoms with van der Waals surface area (Å²) < 4.78 is 27.0. The van der Waals surface area contributed by atoms with E-state index in [2.05, 4.69) is 0 Å². The summed E-state index contributed by atoms with van der Waals surface area (Å²) >= 11 is 5.52. The molecular formula is C11H14ClF2N. The van der Waals surface area contributed by atoms with Crippen molar-refractivity contribution in [3.63, 3.8) is 0 Å². The Labute approximate surface area is 93.2 Å². The molecule has 1 rings (SSSR count). The van der Waals surface area contributed by atoms with Crippen LogP contribution in [0.1, 0.15) is 32.4 Å². The summed E-state index contributed by atoms with van der Waals surface area (Å²) in [6, 6.07) is 1.45. The number of nitrogens with two attached hydrogens (primary N) is 1. The number of benzene rings is 1. The van der Waals surface area contributed by atoms with Gasteiger partial charge in [0.2, 0.25) is 0 Å². The average molecular weight is 234 g/mol. The summed E-state index contributed by atoms with van der Waals surface area (Å²) in [6.07, 6.45) is 0. The Hall–Kier alpha value is -0.670. The zero-order valence-corrected chi connectivity index (χ0v) is 9.70. The topological polar surface area (TPSA) is 26.0 Å². The quantitative estimate of drug-likeness (QED) is 0.787. The van der Waals surface area contributed by atoms with Crippen molar-refractivity contribution in [1.29, 1.82) is 0 Å². The molecule has 0 heterocycles. The lowest BCUT2D eigenvalue weighted by molar-refractivity contribution is 0.310. The van der Waals surface area contributed by atoms with Crippen LogP contribution in [-0.4, -0.2) is 0 Å². The van der Waals surface area contributed by atoms with Crippen molar-refractivity contribution in [2.75, 3.05) is 0 Å². The third kappa shape index (κ3) is 2.67. The van der Waals surface area contributed by atoms with Crippen molar-refractivity contribution in [3.05, 3.63) is 34.4 Å². The van der Waals surface area contributed by atoms with Gasteiger partial charge in [-0.1, -0.05) is 32.4 Å². The normalized spacial score (nSPS) is 14.1. The summed E-state index contributed by atoms with van der Waals surface area (Å²) in [6.45, 7) is 5.47. The zero-order valence-electron chi connectivity index (χ0n) is 8.94. The van der Waals surface area contributed by atoms with E-state index in [1.165, 1.54) is 0 Å². The van der Waals surface area contributed by atoms with E-state index in [-0.39, 0.29) is 10.6 Å². The minimum Gasteiger partial charge on any atom is -0.323 e. The summed E-state index contributed by atoms with van der Waals surface area (Å²) in [7, 11) is 0. The second-order valence-electron chi connectivity index (χ2n) is 4.63. The lowest BCUT2D eigenvalue weighted by Crippen LogP contribution is -2.28. The molecule has 0 fully saturated rings. The summed E-state index contributed by atoms with van der Waals surface area (Å²) in [4.78, 5) is 0. The molecule has 1 atom stereocenters. The second-order valence-corrected chi connectivity index (χ2v) is 5.06. The molecule has 0 radical (unpaired) electrons. The Morgan fingerprint density at radius 2 is 1.60 bits per heavy atom. The molecule has 4 heteroatoms. The molecule has 0 aliphatic heterocycles. The van der Waals surface area contributed by atoms with E-state index >= 15 is 0 Å². The van der Waals surface area contributed by atoms with Gasteiger partial charge in [-0.05, 0) is 17.5 Å². The van der Waals surface area contributed by atoms with Crippen LogP contribution in [-0.2, 0) is 0 Å². The first-order valence-electron chi connectivity index (χ1n) is 4.63. The molecule has 0 bridgehead atoms. The third-order valence-electron chi connectivity index (χ3n) is 2.29. The minimum atomic E-state index is -0.699. The Morgan fingerprint density at radius 1 is 1.20 bits per heavy atom. The predicted octanol–water partition coefficient (Wildman–Crippen LogP) is 3.66. The minimum absolute atomic E-state index is 0.0369. The van der Waals surface area contributed by atoms with E-state index < -0.39 is 23.1 Å².